The van der Waals surface area contributed by atoms with Crippen molar-refractivity contribution in [3.63, 3.8) is 0 Å². The first kappa shape index (κ1) is 13.5. The number of rotatable bonds is 3. The lowest BCUT2D eigenvalue weighted by atomic mass is 9.98. The molecule has 1 atom stereocenters. The number of nitrogens with one attached hydrogen (secondary N) is 1. The van der Waals surface area contributed by atoms with Crippen molar-refractivity contribution < 1.29 is 4.55 Å². The van der Waals surface area contributed by atoms with E-state index >= 15 is 0 Å². The summed E-state index contributed by atoms with van der Waals surface area (Å²) in [5.41, 5.74) is 4.42. The predicted octanol–water partition coefficient (Wildman–Crippen LogP) is 3.79. The Kier molecular flexibility index (Phi) is 3.44. The van der Waals surface area contributed by atoms with Crippen molar-refractivity contribution in [2.45, 2.75) is 38.4 Å². The fourth-order valence-corrected chi connectivity index (χ4v) is 3.65. The van der Waals surface area contributed by atoms with Gasteiger partial charge in [-0.3, -0.25) is 0 Å². The van der Waals surface area contributed by atoms with E-state index in [0.717, 1.165) is 10.9 Å². The van der Waals surface area contributed by atoms with Crippen LogP contribution >= 0.6 is 15.9 Å². The van der Waals surface area contributed by atoms with Gasteiger partial charge in [0.25, 0.3) is 0 Å². The van der Waals surface area contributed by atoms with Crippen LogP contribution in [0.15, 0.2) is 28.9 Å². The summed E-state index contributed by atoms with van der Waals surface area (Å²) in [5.74, 6) is 0. The van der Waals surface area contributed by atoms with E-state index in [1.165, 1.54) is 29.5 Å². The zero-order chi connectivity index (χ0) is 13.6. The zero-order valence-electron chi connectivity index (χ0n) is 11.2. The molecule has 2 aliphatic rings. The summed E-state index contributed by atoms with van der Waals surface area (Å²) in [4.78, 5) is 0. The molecule has 1 spiro atoms. The van der Waals surface area contributed by atoms with Crippen molar-refractivity contribution in [1.29, 1.82) is 0 Å². The van der Waals surface area contributed by atoms with Crippen LogP contribution < -0.4 is 4.72 Å². The molecule has 0 bridgehead atoms. The predicted molar refractivity (Wildman–Crippen MR) is 83.9 cm³/mol. The van der Waals surface area contributed by atoms with Gasteiger partial charge in [0.15, 0.2) is 0 Å². The van der Waals surface area contributed by atoms with Crippen LogP contribution in [0.5, 0.6) is 0 Å². The topological polar surface area (TPSA) is 35.1 Å². The van der Waals surface area contributed by atoms with E-state index in [1.807, 2.05) is 20.0 Å². The number of hydrogen-bond donors (Lipinski definition) is 1. The van der Waals surface area contributed by atoms with Crippen LogP contribution in [0, 0.1) is 5.41 Å². The van der Waals surface area contributed by atoms with Gasteiger partial charge >= 0.3 is 0 Å². The summed E-state index contributed by atoms with van der Waals surface area (Å²) in [6.07, 6.45) is 5.64. The van der Waals surface area contributed by atoms with Gasteiger partial charge in [-0.1, -0.05) is 22.0 Å². The Bertz CT molecular complexity index is 537. The largest absolute Gasteiger partial charge is 0.593 e. The second-order valence-corrected chi connectivity index (χ2v) is 8.47. The van der Waals surface area contributed by atoms with Gasteiger partial charge in [-0.15, -0.1) is 0 Å². The van der Waals surface area contributed by atoms with Crippen LogP contribution in [0.4, 0.5) is 0 Å². The first-order chi connectivity index (χ1) is 9.02. The third-order valence-corrected chi connectivity index (χ3v) is 5.76. The number of benzene rings is 1. The Morgan fingerprint density at radius 3 is 2.79 bits per heavy atom. The highest BCUT2D eigenvalue weighted by Gasteiger charge is 2.51. The molecule has 2 nitrogen and oxygen atoms in total. The van der Waals surface area contributed by atoms with E-state index in [9.17, 15) is 4.55 Å². The van der Waals surface area contributed by atoms with E-state index in [4.69, 9.17) is 0 Å². The second-order valence-electron chi connectivity index (χ2n) is 5.78. The highest BCUT2D eigenvalue weighted by atomic mass is 79.9. The molecule has 0 radical (unpaired) electrons. The molecule has 4 heteroatoms. The molecule has 0 aliphatic heterocycles. The summed E-state index contributed by atoms with van der Waals surface area (Å²) in [7, 11) is 0. The molecule has 102 valence electrons. The van der Waals surface area contributed by atoms with E-state index in [1.54, 1.807) is 0 Å². The van der Waals surface area contributed by atoms with Crippen molar-refractivity contribution >= 4 is 32.9 Å². The fourth-order valence-electron chi connectivity index (χ4n) is 2.78. The highest BCUT2D eigenvalue weighted by molar-refractivity contribution is 9.10. The van der Waals surface area contributed by atoms with Gasteiger partial charge in [0.05, 0.1) is 11.4 Å². The molecule has 0 aromatic heterocycles. The number of halogens is 1. The third kappa shape index (κ3) is 2.46. The lowest BCUT2D eigenvalue weighted by Crippen LogP contribution is -2.27. The molecule has 0 heterocycles. The Morgan fingerprint density at radius 1 is 1.42 bits per heavy atom. The minimum atomic E-state index is -0.993. The van der Waals surface area contributed by atoms with Crippen LogP contribution in [0.25, 0.3) is 5.57 Å². The smallest absolute Gasteiger partial charge is 0.135 e. The van der Waals surface area contributed by atoms with Crippen LogP contribution in [0.2, 0.25) is 0 Å². The van der Waals surface area contributed by atoms with Gasteiger partial charge in [0.1, 0.15) is 5.25 Å². The van der Waals surface area contributed by atoms with E-state index in [0.29, 0.717) is 5.41 Å². The van der Waals surface area contributed by atoms with Crippen molar-refractivity contribution in [3.8, 4) is 0 Å². The SMILES string of the molecule is CC(C)[S+]([O-])N/C=C1/c2cc(Br)ccc2CC12CC2. The maximum absolute atomic E-state index is 11.9. The third-order valence-electron chi connectivity index (χ3n) is 4.06. The van der Waals surface area contributed by atoms with Crippen LogP contribution in [0.1, 0.15) is 37.8 Å². The molecule has 1 fully saturated rings. The zero-order valence-corrected chi connectivity index (χ0v) is 13.6. The van der Waals surface area contributed by atoms with Gasteiger partial charge < -0.3 is 4.55 Å². The lowest BCUT2D eigenvalue weighted by molar-refractivity contribution is 0.580. The van der Waals surface area contributed by atoms with Crippen LogP contribution in [-0.2, 0) is 17.8 Å². The molecule has 2 aliphatic carbocycles. The normalized spacial score (nSPS) is 22.9. The molecule has 1 saturated carbocycles. The van der Waals surface area contributed by atoms with Crippen molar-refractivity contribution in [2.75, 3.05) is 0 Å². The fraction of sp³-hybridized carbons (Fsp3) is 0.467. The average molecular weight is 340 g/mol. The molecule has 1 aromatic rings. The number of allylic oxidation sites excluding steroid dienone is 1. The van der Waals surface area contributed by atoms with Gasteiger partial charge in [0, 0.05) is 16.1 Å². The monoisotopic (exact) mass is 339 g/mol. The maximum atomic E-state index is 11.9. The molecule has 0 amide bonds. The Balaban J connectivity index is 1.92. The maximum Gasteiger partial charge on any atom is 0.135 e. The number of hydrogen-bond acceptors (Lipinski definition) is 2. The Morgan fingerprint density at radius 2 is 2.16 bits per heavy atom. The molecule has 1 aromatic carbocycles. The molecule has 1 N–H and O–H groups in total. The molecule has 0 saturated heterocycles. The second kappa shape index (κ2) is 4.83. The van der Waals surface area contributed by atoms with E-state index in [2.05, 4.69) is 38.9 Å². The lowest BCUT2D eigenvalue weighted by Gasteiger charge is -2.15. The minimum absolute atomic E-state index is 0.135. The van der Waals surface area contributed by atoms with Gasteiger partial charge in [-0.2, -0.15) is 0 Å². The summed E-state index contributed by atoms with van der Waals surface area (Å²) < 4.78 is 16.0. The van der Waals surface area contributed by atoms with Crippen LogP contribution in [0.3, 0.4) is 0 Å². The van der Waals surface area contributed by atoms with Gasteiger partial charge in [-0.25, -0.2) is 4.72 Å². The molecule has 19 heavy (non-hydrogen) atoms. The Labute approximate surface area is 126 Å². The average Bonchev–Trinajstić information content (AvgIpc) is 3.05. The minimum Gasteiger partial charge on any atom is -0.593 e. The van der Waals surface area contributed by atoms with Crippen molar-refractivity contribution in [1.82, 2.24) is 4.72 Å². The summed E-state index contributed by atoms with van der Waals surface area (Å²) in [6.45, 7) is 3.93. The molecule has 1 unspecified atom stereocenters. The van der Waals surface area contributed by atoms with Crippen molar-refractivity contribution in [2.24, 2.45) is 5.41 Å². The van der Waals surface area contributed by atoms with Crippen molar-refractivity contribution in [3.05, 3.63) is 40.0 Å². The van der Waals surface area contributed by atoms with E-state index in [-0.39, 0.29) is 5.25 Å². The van der Waals surface area contributed by atoms with Gasteiger partial charge in [-0.05, 0) is 61.9 Å². The van der Waals surface area contributed by atoms with Gasteiger partial charge in [0.2, 0.25) is 0 Å². The molecular formula is C15H18BrNOS. The Hall–Kier alpha value is -0.450. The standard InChI is InChI=1S/C15H18BrNOS/c1-10(2)19(18)17-9-14-13-7-12(16)4-3-11(13)8-15(14)5-6-15/h3-4,7,9-10,17H,5-6,8H2,1-2H3/b14-9-. The summed E-state index contributed by atoms with van der Waals surface area (Å²) in [5, 5.41) is 0.135. The van der Waals surface area contributed by atoms with E-state index < -0.39 is 11.4 Å². The first-order valence-electron chi connectivity index (χ1n) is 6.68. The first-order valence-corrected chi connectivity index (χ1v) is 8.69. The number of fused-ring (bicyclic) bond motifs is 1. The summed E-state index contributed by atoms with van der Waals surface area (Å²) >= 11 is 2.55. The highest BCUT2D eigenvalue weighted by Crippen LogP contribution is 2.62. The quantitative estimate of drug-likeness (QED) is 0.850. The molecular weight excluding hydrogens is 322 g/mol. The summed E-state index contributed by atoms with van der Waals surface area (Å²) in [6, 6.07) is 6.51. The van der Waals surface area contributed by atoms with Crippen LogP contribution in [-0.4, -0.2) is 9.80 Å². The molecule has 3 rings (SSSR count).